The monoisotopic (exact) mass is 277 g/mol. The molecule has 0 saturated heterocycles. The predicted molar refractivity (Wildman–Crippen MR) is 82.6 cm³/mol. The third kappa shape index (κ3) is 2.34. The number of Topliss-reactive ketones (excluding diaryl/α,β-unsaturated/α-hetero) is 1. The first kappa shape index (κ1) is 14.6. The topological polar surface area (TPSA) is 20.3 Å². The van der Waals surface area contributed by atoms with E-state index in [9.17, 15) is 4.79 Å². The van der Waals surface area contributed by atoms with Crippen LogP contribution in [-0.4, -0.2) is 29.8 Å². The van der Waals surface area contributed by atoms with Crippen LogP contribution >= 0.6 is 0 Å². The Labute approximate surface area is 124 Å². The highest BCUT2D eigenvalue weighted by Crippen LogP contribution is 2.57. The van der Waals surface area contributed by atoms with Crippen molar-refractivity contribution in [3.8, 4) is 0 Å². The number of likely N-dealkylation sites (N-methyl/N-ethyl adjacent to an activating group) is 1. The highest BCUT2D eigenvalue weighted by molar-refractivity contribution is 5.89. The third-order valence-corrected chi connectivity index (χ3v) is 6.65. The van der Waals surface area contributed by atoms with E-state index < -0.39 is 0 Å². The molecule has 20 heavy (non-hydrogen) atoms. The first-order valence-electron chi connectivity index (χ1n) is 8.86. The van der Waals surface area contributed by atoms with Crippen LogP contribution in [0.1, 0.15) is 65.7 Å². The first-order chi connectivity index (χ1) is 9.58. The fourth-order valence-corrected chi connectivity index (χ4v) is 5.85. The maximum absolute atomic E-state index is 13.3. The molecule has 4 saturated carbocycles. The molecule has 4 fully saturated rings. The average Bonchev–Trinajstić information content (AvgIpc) is 2.64. The second kappa shape index (κ2) is 5.44. The van der Waals surface area contributed by atoms with Gasteiger partial charge in [0.2, 0.25) is 0 Å². The van der Waals surface area contributed by atoms with Crippen LogP contribution < -0.4 is 0 Å². The van der Waals surface area contributed by atoms with E-state index in [2.05, 4.69) is 25.7 Å². The van der Waals surface area contributed by atoms with Crippen LogP contribution in [0.15, 0.2) is 0 Å². The molecule has 0 amide bonds. The van der Waals surface area contributed by atoms with Gasteiger partial charge in [0.25, 0.3) is 0 Å². The van der Waals surface area contributed by atoms with Gasteiger partial charge in [0, 0.05) is 5.41 Å². The standard InChI is InChI=1S/C18H31NO/c1-4-19(5-2)13(3)17(20)18-7-6-14-8-15(11-18)10-16(9-14)12-18/h13-16H,4-12H2,1-3H3. The summed E-state index contributed by atoms with van der Waals surface area (Å²) in [5, 5.41) is 0. The van der Waals surface area contributed by atoms with Crippen molar-refractivity contribution in [2.24, 2.45) is 23.2 Å². The van der Waals surface area contributed by atoms with E-state index in [1.807, 2.05) is 0 Å². The number of hydrogen-bond donors (Lipinski definition) is 0. The number of carbonyl (C=O) groups is 1. The van der Waals surface area contributed by atoms with Gasteiger partial charge in [0.1, 0.15) is 0 Å². The molecule has 4 bridgehead atoms. The Morgan fingerprint density at radius 2 is 1.65 bits per heavy atom. The van der Waals surface area contributed by atoms with E-state index in [4.69, 9.17) is 0 Å². The van der Waals surface area contributed by atoms with Gasteiger partial charge in [-0.1, -0.05) is 13.8 Å². The van der Waals surface area contributed by atoms with Crippen LogP contribution in [0.2, 0.25) is 0 Å². The molecular formula is C18H31NO. The van der Waals surface area contributed by atoms with Crippen molar-refractivity contribution < 1.29 is 4.79 Å². The molecule has 4 aliphatic carbocycles. The summed E-state index contributed by atoms with van der Waals surface area (Å²) in [6.07, 6.45) is 9.20. The van der Waals surface area contributed by atoms with Crippen LogP contribution in [-0.2, 0) is 4.79 Å². The van der Waals surface area contributed by atoms with Crippen LogP contribution in [0.5, 0.6) is 0 Å². The Balaban J connectivity index is 1.82. The molecule has 3 unspecified atom stereocenters. The maximum Gasteiger partial charge on any atom is 0.155 e. The minimum absolute atomic E-state index is 0.0564. The van der Waals surface area contributed by atoms with Gasteiger partial charge in [-0.25, -0.2) is 0 Å². The minimum Gasteiger partial charge on any atom is -0.297 e. The van der Waals surface area contributed by atoms with E-state index in [1.165, 1.54) is 44.9 Å². The lowest BCUT2D eigenvalue weighted by Crippen LogP contribution is -2.49. The van der Waals surface area contributed by atoms with Crippen molar-refractivity contribution >= 4 is 5.78 Å². The molecule has 0 heterocycles. The summed E-state index contributed by atoms with van der Waals surface area (Å²) < 4.78 is 0. The summed E-state index contributed by atoms with van der Waals surface area (Å²) in [6, 6.07) is 0.124. The fourth-order valence-electron chi connectivity index (χ4n) is 5.85. The zero-order chi connectivity index (χ0) is 14.3. The van der Waals surface area contributed by atoms with Gasteiger partial charge in [0.05, 0.1) is 6.04 Å². The van der Waals surface area contributed by atoms with Crippen molar-refractivity contribution in [2.75, 3.05) is 13.1 Å². The van der Waals surface area contributed by atoms with Gasteiger partial charge >= 0.3 is 0 Å². The number of hydrogen-bond acceptors (Lipinski definition) is 2. The molecule has 3 atom stereocenters. The highest BCUT2D eigenvalue weighted by Gasteiger charge is 2.52. The van der Waals surface area contributed by atoms with E-state index in [1.54, 1.807) is 0 Å². The van der Waals surface area contributed by atoms with Gasteiger partial charge in [-0.15, -0.1) is 0 Å². The molecule has 2 nitrogen and oxygen atoms in total. The molecule has 4 aliphatic rings. The lowest BCUT2D eigenvalue weighted by Gasteiger charge is -2.46. The second-order valence-corrected chi connectivity index (χ2v) is 7.79. The van der Waals surface area contributed by atoms with Gasteiger partial charge in [-0.2, -0.15) is 0 Å². The molecule has 4 rings (SSSR count). The number of ketones is 1. The van der Waals surface area contributed by atoms with Crippen molar-refractivity contribution in [3.05, 3.63) is 0 Å². The van der Waals surface area contributed by atoms with E-state index >= 15 is 0 Å². The highest BCUT2D eigenvalue weighted by atomic mass is 16.1. The number of nitrogens with zero attached hydrogens (tertiary/aromatic N) is 1. The van der Waals surface area contributed by atoms with Crippen LogP contribution in [0.4, 0.5) is 0 Å². The Hall–Kier alpha value is -0.370. The van der Waals surface area contributed by atoms with E-state index in [0.717, 1.165) is 30.8 Å². The molecule has 0 aromatic rings. The molecular weight excluding hydrogens is 246 g/mol. The normalized spacial score (nSPS) is 40.9. The summed E-state index contributed by atoms with van der Waals surface area (Å²) in [7, 11) is 0. The van der Waals surface area contributed by atoms with Gasteiger partial charge < -0.3 is 0 Å². The fraction of sp³-hybridized carbons (Fsp3) is 0.944. The van der Waals surface area contributed by atoms with E-state index in [0.29, 0.717) is 5.78 Å². The number of fused-ring (bicyclic) bond motifs is 1. The Kier molecular flexibility index (Phi) is 3.96. The molecule has 0 N–H and O–H groups in total. The summed E-state index contributed by atoms with van der Waals surface area (Å²) in [6.45, 7) is 8.50. The van der Waals surface area contributed by atoms with Crippen molar-refractivity contribution in [1.29, 1.82) is 0 Å². The molecule has 0 aliphatic heterocycles. The SMILES string of the molecule is CCN(CC)C(C)C(=O)C12CCC3CC(CC(C3)C1)C2. The van der Waals surface area contributed by atoms with Gasteiger partial charge in [0.15, 0.2) is 5.78 Å². The van der Waals surface area contributed by atoms with Crippen LogP contribution in [0, 0.1) is 23.2 Å². The Morgan fingerprint density at radius 1 is 1.10 bits per heavy atom. The van der Waals surface area contributed by atoms with Gasteiger partial charge in [-0.05, 0) is 82.7 Å². The minimum atomic E-state index is 0.0564. The number of carbonyl (C=O) groups excluding carboxylic acids is 1. The Morgan fingerprint density at radius 3 is 2.20 bits per heavy atom. The van der Waals surface area contributed by atoms with Crippen molar-refractivity contribution in [1.82, 2.24) is 4.90 Å². The summed E-state index contributed by atoms with van der Waals surface area (Å²) in [5.41, 5.74) is 0.0564. The van der Waals surface area contributed by atoms with Crippen molar-refractivity contribution in [3.63, 3.8) is 0 Å². The zero-order valence-electron chi connectivity index (χ0n) is 13.5. The lowest BCUT2D eigenvalue weighted by atomic mass is 9.59. The molecule has 2 heteroatoms. The van der Waals surface area contributed by atoms with E-state index in [-0.39, 0.29) is 11.5 Å². The number of rotatable bonds is 5. The maximum atomic E-state index is 13.3. The summed E-state index contributed by atoms with van der Waals surface area (Å²) in [5.74, 6) is 3.25. The quantitative estimate of drug-likeness (QED) is 0.760. The van der Waals surface area contributed by atoms with Crippen LogP contribution in [0.3, 0.4) is 0 Å². The summed E-state index contributed by atoms with van der Waals surface area (Å²) >= 11 is 0. The smallest absolute Gasteiger partial charge is 0.155 e. The average molecular weight is 277 g/mol. The third-order valence-electron chi connectivity index (χ3n) is 6.65. The molecule has 0 spiro atoms. The predicted octanol–water partition coefficient (Wildman–Crippen LogP) is 3.89. The Bertz CT molecular complexity index is 360. The summed E-state index contributed by atoms with van der Waals surface area (Å²) in [4.78, 5) is 15.6. The molecule has 114 valence electrons. The first-order valence-corrected chi connectivity index (χ1v) is 8.86. The molecule has 0 aromatic carbocycles. The molecule has 0 aromatic heterocycles. The van der Waals surface area contributed by atoms with Crippen molar-refractivity contribution in [2.45, 2.75) is 71.8 Å². The molecule has 0 radical (unpaired) electrons. The van der Waals surface area contributed by atoms with Gasteiger partial charge in [-0.3, -0.25) is 9.69 Å². The largest absolute Gasteiger partial charge is 0.297 e. The second-order valence-electron chi connectivity index (χ2n) is 7.79. The van der Waals surface area contributed by atoms with Crippen LogP contribution in [0.25, 0.3) is 0 Å². The zero-order valence-corrected chi connectivity index (χ0v) is 13.5. The lowest BCUT2D eigenvalue weighted by molar-refractivity contribution is -0.138.